The number of aryl methyl sites for hydroxylation is 1. The van der Waals surface area contributed by atoms with Gasteiger partial charge >= 0.3 is 0 Å². The summed E-state index contributed by atoms with van der Waals surface area (Å²) < 4.78 is 0. The zero-order valence-corrected chi connectivity index (χ0v) is 12.6. The van der Waals surface area contributed by atoms with Crippen molar-refractivity contribution in [2.24, 2.45) is 0 Å². The van der Waals surface area contributed by atoms with E-state index < -0.39 is 0 Å². The molecule has 0 spiro atoms. The van der Waals surface area contributed by atoms with Gasteiger partial charge < -0.3 is 5.32 Å². The molecule has 0 amide bonds. The van der Waals surface area contributed by atoms with Crippen molar-refractivity contribution in [3.63, 3.8) is 0 Å². The van der Waals surface area contributed by atoms with Crippen LogP contribution in [0.4, 0.5) is 5.82 Å². The molecule has 3 nitrogen and oxygen atoms in total. The molecule has 0 aliphatic rings. The lowest BCUT2D eigenvalue weighted by atomic mass is 10.1. The van der Waals surface area contributed by atoms with E-state index in [2.05, 4.69) is 33.7 Å². The third-order valence-electron chi connectivity index (χ3n) is 3.15. The minimum atomic E-state index is 0.778. The summed E-state index contributed by atoms with van der Waals surface area (Å²) in [5.74, 6) is 0.913. The van der Waals surface area contributed by atoms with Crippen molar-refractivity contribution in [1.29, 1.82) is 0 Å². The Hall–Kier alpha value is -1.65. The van der Waals surface area contributed by atoms with E-state index in [1.807, 2.05) is 18.2 Å². The second-order valence-corrected chi connectivity index (χ2v) is 5.92. The Kier molecular flexibility index (Phi) is 3.85. The van der Waals surface area contributed by atoms with E-state index in [1.165, 1.54) is 11.1 Å². The van der Waals surface area contributed by atoms with Crippen LogP contribution in [0.3, 0.4) is 0 Å². The highest BCUT2D eigenvalue weighted by atomic mass is 35.5. The molecule has 20 heavy (non-hydrogen) atoms. The van der Waals surface area contributed by atoms with Crippen LogP contribution in [-0.4, -0.2) is 16.5 Å². The Morgan fingerprint density at radius 2 is 2.20 bits per heavy atom. The molecule has 3 aromatic rings. The molecule has 1 N–H and O–H groups in total. The number of halogens is 1. The normalized spacial score (nSPS) is 10.9. The third-order valence-corrected chi connectivity index (χ3v) is 4.39. The number of nitrogens with one attached hydrogen (secondary N) is 1. The molecule has 0 aliphatic heterocycles. The highest BCUT2D eigenvalue weighted by molar-refractivity contribution is 7.17. The van der Waals surface area contributed by atoms with Crippen molar-refractivity contribution in [2.45, 2.75) is 13.3 Å². The van der Waals surface area contributed by atoms with E-state index >= 15 is 0 Å². The number of hydrogen-bond donors (Lipinski definition) is 1. The number of fused-ring (bicyclic) bond motifs is 1. The van der Waals surface area contributed by atoms with Crippen molar-refractivity contribution >= 4 is 39.0 Å². The Bertz CT molecular complexity index is 739. The van der Waals surface area contributed by atoms with Gasteiger partial charge in [0.05, 0.1) is 5.39 Å². The van der Waals surface area contributed by atoms with Crippen molar-refractivity contribution in [2.75, 3.05) is 11.9 Å². The number of hydrogen-bond acceptors (Lipinski definition) is 4. The highest BCUT2D eigenvalue weighted by Crippen LogP contribution is 2.28. The first-order valence-corrected chi connectivity index (χ1v) is 7.67. The maximum absolute atomic E-state index is 5.99. The molecular formula is C15H14ClN3S. The number of aromatic nitrogens is 2. The molecule has 0 aliphatic carbocycles. The third kappa shape index (κ3) is 2.76. The molecule has 0 fully saturated rings. The number of thiophene rings is 1. The fourth-order valence-corrected chi connectivity index (χ4v) is 3.27. The average molecular weight is 304 g/mol. The summed E-state index contributed by atoms with van der Waals surface area (Å²) in [6.07, 6.45) is 2.52. The maximum Gasteiger partial charge on any atom is 0.138 e. The summed E-state index contributed by atoms with van der Waals surface area (Å²) in [6.45, 7) is 2.91. The van der Waals surface area contributed by atoms with Crippen LogP contribution in [0, 0.1) is 6.92 Å². The second-order valence-electron chi connectivity index (χ2n) is 4.63. The largest absolute Gasteiger partial charge is 0.369 e. The SMILES string of the molecule is Cc1csc2ncnc(NCCc3cccc(Cl)c3)c12. The minimum Gasteiger partial charge on any atom is -0.369 e. The topological polar surface area (TPSA) is 37.8 Å². The number of rotatable bonds is 4. The van der Waals surface area contributed by atoms with E-state index in [4.69, 9.17) is 11.6 Å². The number of nitrogens with zero attached hydrogens (tertiary/aromatic N) is 2. The van der Waals surface area contributed by atoms with Gasteiger partial charge in [-0.05, 0) is 42.0 Å². The summed E-state index contributed by atoms with van der Waals surface area (Å²) in [5, 5.41) is 7.41. The highest BCUT2D eigenvalue weighted by Gasteiger charge is 2.07. The van der Waals surface area contributed by atoms with Gasteiger partial charge in [-0.1, -0.05) is 23.7 Å². The lowest BCUT2D eigenvalue weighted by Crippen LogP contribution is -2.07. The molecule has 0 radical (unpaired) electrons. The van der Waals surface area contributed by atoms with E-state index in [1.54, 1.807) is 17.7 Å². The van der Waals surface area contributed by atoms with Gasteiger partial charge in [0.25, 0.3) is 0 Å². The first-order chi connectivity index (χ1) is 9.74. The predicted octanol–water partition coefficient (Wildman–Crippen LogP) is 4.31. The fraction of sp³-hybridized carbons (Fsp3) is 0.200. The Morgan fingerprint density at radius 3 is 3.05 bits per heavy atom. The van der Waals surface area contributed by atoms with Crippen LogP contribution in [0.25, 0.3) is 10.2 Å². The predicted molar refractivity (Wildman–Crippen MR) is 85.8 cm³/mol. The molecular weight excluding hydrogens is 290 g/mol. The zero-order valence-electron chi connectivity index (χ0n) is 11.1. The lowest BCUT2D eigenvalue weighted by Gasteiger charge is -2.07. The molecule has 0 saturated carbocycles. The summed E-state index contributed by atoms with van der Waals surface area (Å²) >= 11 is 7.64. The van der Waals surface area contributed by atoms with E-state index in [0.717, 1.165) is 34.0 Å². The van der Waals surface area contributed by atoms with Crippen LogP contribution in [-0.2, 0) is 6.42 Å². The Balaban J connectivity index is 1.73. The monoisotopic (exact) mass is 303 g/mol. The average Bonchev–Trinajstić information content (AvgIpc) is 2.82. The van der Waals surface area contributed by atoms with Crippen molar-refractivity contribution in [3.8, 4) is 0 Å². The van der Waals surface area contributed by atoms with Crippen LogP contribution < -0.4 is 5.32 Å². The van der Waals surface area contributed by atoms with E-state index in [9.17, 15) is 0 Å². The van der Waals surface area contributed by atoms with Gasteiger partial charge in [-0.25, -0.2) is 9.97 Å². The zero-order chi connectivity index (χ0) is 13.9. The number of anilines is 1. The van der Waals surface area contributed by atoms with E-state index in [-0.39, 0.29) is 0 Å². The molecule has 0 bridgehead atoms. The Labute approximate surface area is 126 Å². The van der Waals surface area contributed by atoms with Gasteiger partial charge in [-0.15, -0.1) is 11.3 Å². The second kappa shape index (κ2) is 5.77. The van der Waals surface area contributed by atoms with Gasteiger partial charge in [0.1, 0.15) is 17.0 Å². The minimum absolute atomic E-state index is 0.778. The smallest absolute Gasteiger partial charge is 0.138 e. The summed E-state index contributed by atoms with van der Waals surface area (Å²) in [6, 6.07) is 7.94. The summed E-state index contributed by atoms with van der Waals surface area (Å²) in [5.41, 5.74) is 2.44. The molecule has 3 rings (SSSR count). The molecule has 5 heteroatoms. The van der Waals surface area contributed by atoms with Gasteiger partial charge in [-0.2, -0.15) is 0 Å². The molecule has 102 valence electrons. The first-order valence-electron chi connectivity index (χ1n) is 6.41. The molecule has 0 saturated heterocycles. The van der Waals surface area contributed by atoms with Crippen LogP contribution in [0.5, 0.6) is 0 Å². The standard InChI is InChI=1S/C15H14ClN3S/c1-10-8-20-15-13(10)14(18-9-19-15)17-6-5-11-3-2-4-12(16)7-11/h2-4,7-9H,5-6H2,1H3,(H,17,18,19). The van der Waals surface area contributed by atoms with Gasteiger partial charge in [-0.3, -0.25) is 0 Å². The van der Waals surface area contributed by atoms with Crippen LogP contribution >= 0.6 is 22.9 Å². The van der Waals surface area contributed by atoms with Crippen molar-refractivity contribution < 1.29 is 0 Å². The maximum atomic E-state index is 5.99. The van der Waals surface area contributed by atoms with Crippen LogP contribution in [0.2, 0.25) is 5.02 Å². The number of benzene rings is 1. The molecule has 2 aromatic heterocycles. The van der Waals surface area contributed by atoms with Crippen molar-refractivity contribution in [3.05, 3.63) is 52.1 Å². The fourth-order valence-electron chi connectivity index (χ4n) is 2.17. The van der Waals surface area contributed by atoms with Crippen LogP contribution in [0.1, 0.15) is 11.1 Å². The molecule has 0 unspecified atom stereocenters. The summed E-state index contributed by atoms with van der Waals surface area (Å²) in [4.78, 5) is 9.67. The first kappa shape index (κ1) is 13.3. The summed E-state index contributed by atoms with van der Waals surface area (Å²) in [7, 11) is 0. The quantitative estimate of drug-likeness (QED) is 0.780. The molecule has 2 heterocycles. The molecule has 0 atom stereocenters. The van der Waals surface area contributed by atoms with Crippen LogP contribution in [0.15, 0.2) is 36.0 Å². The van der Waals surface area contributed by atoms with Gasteiger partial charge in [0.2, 0.25) is 0 Å². The Morgan fingerprint density at radius 1 is 1.30 bits per heavy atom. The van der Waals surface area contributed by atoms with E-state index in [0.29, 0.717) is 0 Å². The van der Waals surface area contributed by atoms with Gasteiger partial charge in [0, 0.05) is 11.6 Å². The lowest BCUT2D eigenvalue weighted by molar-refractivity contribution is 1.01. The van der Waals surface area contributed by atoms with Crippen molar-refractivity contribution in [1.82, 2.24) is 9.97 Å². The van der Waals surface area contributed by atoms with Gasteiger partial charge in [0.15, 0.2) is 0 Å². The molecule has 1 aromatic carbocycles.